The van der Waals surface area contributed by atoms with E-state index in [0.717, 1.165) is 51.2 Å². The number of para-hydroxylation sites is 1. The fourth-order valence-corrected chi connectivity index (χ4v) is 4.76. The van der Waals surface area contributed by atoms with Gasteiger partial charge in [0.05, 0.1) is 22.3 Å². The highest BCUT2D eigenvalue weighted by Crippen LogP contribution is 2.35. The van der Waals surface area contributed by atoms with Crippen LogP contribution in [0.25, 0.3) is 39.1 Å². The number of aromatic nitrogens is 3. The Morgan fingerprint density at radius 3 is 2.58 bits per heavy atom. The Morgan fingerprint density at radius 1 is 0.935 bits per heavy atom. The molecule has 0 bridgehead atoms. The Morgan fingerprint density at radius 2 is 1.74 bits per heavy atom. The zero-order valence-electron chi connectivity index (χ0n) is 20.6. The molecule has 0 atom stereocenters. The zero-order valence-corrected chi connectivity index (χ0v) is 17.6. The fourth-order valence-electron chi connectivity index (χ4n) is 4.76. The second kappa shape index (κ2) is 6.64. The van der Waals surface area contributed by atoms with Crippen LogP contribution in [0, 0.1) is 13.8 Å². The summed E-state index contributed by atoms with van der Waals surface area (Å²) < 4.78 is 28.6. The Hall–Kier alpha value is -3.72. The van der Waals surface area contributed by atoms with Gasteiger partial charge in [-0.1, -0.05) is 48.5 Å². The molecule has 3 heteroatoms. The molecule has 0 saturated carbocycles. The van der Waals surface area contributed by atoms with Gasteiger partial charge in [-0.15, -0.1) is 0 Å². The molecule has 6 rings (SSSR count). The van der Waals surface area contributed by atoms with Crippen LogP contribution in [0.15, 0.2) is 79.0 Å². The monoisotopic (exact) mass is 405 g/mol. The van der Waals surface area contributed by atoms with Crippen molar-refractivity contribution < 1.29 is 8.68 Å². The van der Waals surface area contributed by atoms with E-state index in [1.54, 1.807) is 6.20 Å². The number of aryl methyl sites for hydroxylation is 3. The van der Waals surface area contributed by atoms with Gasteiger partial charge in [-0.2, -0.15) is 0 Å². The number of nitrogens with zero attached hydrogens (tertiary/aromatic N) is 3. The molecular formula is C28H24N3+. The van der Waals surface area contributed by atoms with Crippen LogP contribution in [0.1, 0.15) is 26.6 Å². The third kappa shape index (κ3) is 2.73. The molecule has 3 heterocycles. The molecule has 0 radical (unpaired) electrons. The van der Waals surface area contributed by atoms with Gasteiger partial charge >= 0.3 is 0 Å². The number of rotatable bonds is 2. The highest BCUT2D eigenvalue weighted by Gasteiger charge is 2.24. The van der Waals surface area contributed by atoms with E-state index in [1.807, 2.05) is 48.0 Å². The number of benzene rings is 3. The van der Waals surface area contributed by atoms with Crippen molar-refractivity contribution in [1.29, 1.82) is 0 Å². The molecule has 3 aromatic carbocycles. The van der Waals surface area contributed by atoms with Gasteiger partial charge in [-0.05, 0) is 54.2 Å². The van der Waals surface area contributed by atoms with Crippen LogP contribution < -0.4 is 4.57 Å². The number of imidazole rings is 1. The molecule has 31 heavy (non-hydrogen) atoms. The lowest BCUT2D eigenvalue weighted by atomic mass is 9.97. The summed E-state index contributed by atoms with van der Waals surface area (Å²) in [7, 11) is 1.92. The fraction of sp³-hybridized carbons (Fsp3) is 0.143. The van der Waals surface area contributed by atoms with Crippen molar-refractivity contribution in [2.24, 2.45) is 7.05 Å². The lowest BCUT2D eigenvalue weighted by Crippen LogP contribution is -2.31. The lowest BCUT2D eigenvalue weighted by Gasteiger charge is -2.11. The van der Waals surface area contributed by atoms with Crippen molar-refractivity contribution in [1.82, 2.24) is 9.55 Å². The zero-order chi connectivity index (χ0) is 23.6. The van der Waals surface area contributed by atoms with Crippen LogP contribution in [0.4, 0.5) is 0 Å². The molecule has 1 aliphatic rings. The van der Waals surface area contributed by atoms with Crippen molar-refractivity contribution in [2.75, 3.05) is 0 Å². The van der Waals surface area contributed by atoms with Crippen LogP contribution in [0.2, 0.25) is 0 Å². The Bertz CT molecular complexity index is 1580. The predicted octanol–water partition coefficient (Wildman–Crippen LogP) is 5.71. The molecule has 0 spiro atoms. The first-order valence-electron chi connectivity index (χ1n) is 12.0. The normalized spacial score (nSPS) is 14.1. The van der Waals surface area contributed by atoms with E-state index in [0.29, 0.717) is 5.56 Å². The number of hydrogen-bond donors (Lipinski definition) is 0. The van der Waals surface area contributed by atoms with E-state index in [4.69, 9.17) is 9.10 Å². The van der Waals surface area contributed by atoms with E-state index in [9.17, 15) is 0 Å². The third-order valence-corrected chi connectivity index (χ3v) is 6.29. The SMILES string of the molecule is [2H]C([2H])([2H])c1c[n+](C)c(-c2cc3c(cc2C)nc2n3-c3ccccc3C2)cc1-c1ccccc1. The summed E-state index contributed by atoms with van der Waals surface area (Å²) in [4.78, 5) is 4.92. The quantitative estimate of drug-likeness (QED) is 0.338. The minimum Gasteiger partial charge on any atom is -0.296 e. The van der Waals surface area contributed by atoms with Gasteiger partial charge in [0.15, 0.2) is 6.20 Å². The highest BCUT2D eigenvalue weighted by molar-refractivity contribution is 5.87. The van der Waals surface area contributed by atoms with E-state index in [1.165, 1.54) is 11.3 Å². The van der Waals surface area contributed by atoms with Gasteiger partial charge in [0.2, 0.25) is 5.69 Å². The Labute approximate surface area is 186 Å². The number of pyridine rings is 1. The first kappa shape index (κ1) is 15.1. The summed E-state index contributed by atoms with van der Waals surface area (Å²) in [6, 6.07) is 24.5. The summed E-state index contributed by atoms with van der Waals surface area (Å²) in [6.07, 6.45) is 2.59. The first-order chi connectivity index (χ1) is 16.3. The highest BCUT2D eigenvalue weighted by atomic mass is 15.1. The molecule has 0 aliphatic carbocycles. The van der Waals surface area contributed by atoms with Gasteiger partial charge in [0, 0.05) is 22.2 Å². The maximum absolute atomic E-state index is 8.13. The molecule has 0 N–H and O–H groups in total. The van der Waals surface area contributed by atoms with Crippen LogP contribution in [-0.4, -0.2) is 9.55 Å². The average molecular weight is 406 g/mol. The summed E-state index contributed by atoms with van der Waals surface area (Å²) >= 11 is 0. The van der Waals surface area contributed by atoms with Crippen LogP contribution in [0.3, 0.4) is 0 Å². The Kier molecular flexibility index (Phi) is 3.24. The molecule has 0 amide bonds. The minimum atomic E-state index is -2.21. The van der Waals surface area contributed by atoms with Crippen LogP contribution in [0.5, 0.6) is 0 Å². The van der Waals surface area contributed by atoms with Crippen molar-refractivity contribution in [3.8, 4) is 28.1 Å². The summed E-state index contributed by atoms with van der Waals surface area (Å²) in [5, 5.41) is 0. The molecule has 1 aliphatic heterocycles. The van der Waals surface area contributed by atoms with Crippen LogP contribution in [-0.2, 0) is 13.5 Å². The standard InChI is InChI=1S/C28H24N3/c1-18-13-24-27(31-25-12-8-7-11-21(25)14-28(31)29-24)16-23(18)26-15-22(19(2)17-30(26)3)20-9-5-4-6-10-20/h4-13,15-17H,14H2,1-3H3/q+1/i2D3. The molecule has 3 nitrogen and oxygen atoms in total. The Balaban J connectivity index is 1.60. The van der Waals surface area contributed by atoms with Crippen molar-refractivity contribution in [3.05, 3.63) is 102 Å². The number of hydrogen-bond acceptors (Lipinski definition) is 1. The largest absolute Gasteiger partial charge is 0.296 e. The molecular weight excluding hydrogens is 378 g/mol. The van der Waals surface area contributed by atoms with Gasteiger partial charge in [0.25, 0.3) is 0 Å². The molecule has 5 aromatic rings. The predicted molar refractivity (Wildman–Crippen MR) is 125 cm³/mol. The smallest absolute Gasteiger partial charge is 0.213 e. The van der Waals surface area contributed by atoms with Gasteiger partial charge in [-0.25, -0.2) is 9.55 Å². The second-order valence-corrected chi connectivity index (χ2v) is 8.29. The van der Waals surface area contributed by atoms with Crippen LogP contribution >= 0.6 is 0 Å². The molecule has 2 aromatic heterocycles. The van der Waals surface area contributed by atoms with Crippen molar-refractivity contribution in [3.63, 3.8) is 0 Å². The second-order valence-electron chi connectivity index (χ2n) is 8.29. The summed E-state index contributed by atoms with van der Waals surface area (Å²) in [6.45, 7) is -0.122. The maximum atomic E-state index is 8.13. The lowest BCUT2D eigenvalue weighted by molar-refractivity contribution is -0.660. The third-order valence-electron chi connectivity index (χ3n) is 6.29. The van der Waals surface area contributed by atoms with Crippen molar-refractivity contribution >= 4 is 11.0 Å². The average Bonchev–Trinajstić information content (AvgIpc) is 3.34. The number of fused-ring (bicyclic) bond motifs is 5. The van der Waals surface area contributed by atoms with E-state index >= 15 is 0 Å². The van der Waals surface area contributed by atoms with E-state index < -0.39 is 6.85 Å². The topological polar surface area (TPSA) is 21.7 Å². The van der Waals surface area contributed by atoms with E-state index in [2.05, 4.69) is 47.9 Å². The van der Waals surface area contributed by atoms with E-state index in [-0.39, 0.29) is 0 Å². The summed E-state index contributed by atoms with van der Waals surface area (Å²) in [5.41, 5.74) is 9.64. The molecule has 0 fully saturated rings. The maximum Gasteiger partial charge on any atom is 0.213 e. The summed E-state index contributed by atoms with van der Waals surface area (Å²) in [5.74, 6) is 1.06. The molecule has 150 valence electrons. The van der Waals surface area contributed by atoms with Gasteiger partial charge in [-0.3, -0.25) is 4.57 Å². The molecule has 0 saturated heterocycles. The van der Waals surface area contributed by atoms with Gasteiger partial charge < -0.3 is 0 Å². The van der Waals surface area contributed by atoms with Crippen molar-refractivity contribution in [2.45, 2.75) is 20.2 Å². The molecule has 0 unspecified atom stereocenters. The minimum absolute atomic E-state index is 0.350. The first-order valence-corrected chi connectivity index (χ1v) is 10.5. The van der Waals surface area contributed by atoms with Gasteiger partial charge in [0.1, 0.15) is 12.9 Å².